The molecule has 10 rings (SSSR count). The number of H-pyrrole nitrogens is 2. The van der Waals surface area contributed by atoms with Gasteiger partial charge in [-0.3, -0.25) is 19.3 Å². The van der Waals surface area contributed by atoms with Crippen molar-refractivity contribution in [1.29, 1.82) is 0 Å². The Balaban J connectivity index is 0.662. The second kappa shape index (κ2) is 25.6. The van der Waals surface area contributed by atoms with Crippen molar-refractivity contribution in [2.24, 2.45) is 11.7 Å². The zero-order valence-corrected chi connectivity index (χ0v) is 47.7. The van der Waals surface area contributed by atoms with Gasteiger partial charge in [0.05, 0.1) is 73.2 Å². The molecule has 436 valence electrons. The van der Waals surface area contributed by atoms with Crippen molar-refractivity contribution in [3.8, 4) is 40.0 Å². The zero-order valence-electron chi connectivity index (χ0n) is 47.7. The normalized spacial score (nSPS) is 17.3. The lowest BCUT2D eigenvalue weighted by Crippen LogP contribution is -2.50. The Kier molecular flexibility index (Phi) is 17.8. The lowest BCUT2D eigenvalue weighted by molar-refractivity contribution is -0.127. The van der Waals surface area contributed by atoms with Crippen LogP contribution in [0.1, 0.15) is 62.4 Å². The van der Waals surface area contributed by atoms with Gasteiger partial charge in [0.15, 0.2) is 17.7 Å². The number of ether oxygens (including phenoxy) is 5. The van der Waals surface area contributed by atoms with Crippen LogP contribution in [0, 0.1) is 5.92 Å². The molecule has 5 heterocycles. The van der Waals surface area contributed by atoms with Gasteiger partial charge in [0, 0.05) is 67.0 Å². The predicted molar refractivity (Wildman–Crippen MR) is 319 cm³/mol. The summed E-state index contributed by atoms with van der Waals surface area (Å²) in [6, 6.07) is 28.5. The van der Waals surface area contributed by atoms with Gasteiger partial charge < -0.3 is 70.5 Å². The minimum absolute atomic E-state index is 0.0509. The zero-order chi connectivity index (χ0) is 58.3. The van der Waals surface area contributed by atoms with Gasteiger partial charge in [-0.05, 0) is 130 Å². The molecule has 4 amide bonds. The maximum Gasteiger partial charge on any atom is 0.412 e. The molecule has 2 aromatic heterocycles. The number of aromatic nitrogens is 4. The van der Waals surface area contributed by atoms with Crippen molar-refractivity contribution in [1.82, 2.24) is 40.0 Å². The van der Waals surface area contributed by atoms with Gasteiger partial charge >= 0.3 is 6.09 Å². The summed E-state index contributed by atoms with van der Waals surface area (Å²) in [6.07, 6.45) is 1.41. The van der Waals surface area contributed by atoms with E-state index in [0.717, 1.165) is 102 Å². The van der Waals surface area contributed by atoms with Crippen molar-refractivity contribution >= 4 is 62.9 Å². The van der Waals surface area contributed by atoms with E-state index >= 15 is 0 Å². The summed E-state index contributed by atoms with van der Waals surface area (Å²) in [4.78, 5) is 77.7. The van der Waals surface area contributed by atoms with Crippen molar-refractivity contribution < 1.29 is 42.9 Å². The Morgan fingerprint density at radius 3 is 2.23 bits per heavy atom. The summed E-state index contributed by atoms with van der Waals surface area (Å²) >= 11 is 0. The summed E-state index contributed by atoms with van der Waals surface area (Å²) in [7, 11) is 3.67. The van der Waals surface area contributed by atoms with Crippen molar-refractivity contribution in [2.75, 3.05) is 89.2 Å². The van der Waals surface area contributed by atoms with Crippen LogP contribution in [-0.2, 0) is 25.7 Å². The maximum absolute atomic E-state index is 14.3. The minimum Gasteiger partial charge on any atom is -0.494 e. The van der Waals surface area contributed by atoms with Gasteiger partial charge in [-0.15, -0.1) is 0 Å². The topological polar surface area (TPSA) is 261 Å². The molecule has 0 aliphatic carbocycles. The maximum atomic E-state index is 14.3. The number of carbonyl (C=O) groups excluding carboxylic acids is 4. The highest BCUT2D eigenvalue weighted by atomic mass is 16.6. The van der Waals surface area contributed by atoms with E-state index in [4.69, 9.17) is 45.1 Å². The molecule has 0 bridgehead atoms. The van der Waals surface area contributed by atoms with Gasteiger partial charge in [0.25, 0.3) is 5.91 Å². The number of hydrogen-bond donors (Lipinski definition) is 6. The number of rotatable bonds is 21. The van der Waals surface area contributed by atoms with Crippen molar-refractivity contribution in [2.45, 2.75) is 77.4 Å². The number of amides is 4. The molecule has 3 aliphatic rings. The van der Waals surface area contributed by atoms with E-state index in [2.05, 4.69) is 74.4 Å². The summed E-state index contributed by atoms with van der Waals surface area (Å²) in [5.74, 6) is 1.88. The number of likely N-dealkylation sites (N-methyl/N-ethyl adjacent to an activating group) is 1. The molecule has 83 heavy (non-hydrogen) atoms. The smallest absolute Gasteiger partial charge is 0.412 e. The average Bonchev–Trinajstić information content (AvgIpc) is 3.67. The molecule has 0 spiro atoms. The first-order valence-electron chi connectivity index (χ1n) is 28.3. The number of likely N-dealkylation sites (tertiary alicyclic amines) is 1. The standard InChI is InChI=1S/C62H74N12O9/c1-37(2)55(64)59(76)65-39(4)58(75)66-43-15-10-40(11-16-43)36-83-62(78)73-26-29-82-61(73)52-30-38(3)35-74(52)60(77)46-33-53(79-6)54(34-47(46)63)81-28-9-7-8-27-80-45-18-12-41(13-19-45)56-67-48-20-14-42(31-50(48)69-56)57-68-49-21-17-44(32-51(49)70-57)72-24-22-71(5)23-25-72/h10-21,31-34,37,39,52,55,61H,3,7-9,22-30,35-36,63-64H2,1-2,4-6H3,(H,65,76)(H,66,75)(H,67,69)(H,68,70)/t39-,52-,55?,61?/m0/s1. The molecule has 0 radical (unpaired) electrons. The van der Waals surface area contributed by atoms with E-state index in [1.165, 1.54) is 17.7 Å². The summed E-state index contributed by atoms with van der Waals surface area (Å²) in [6.45, 7) is 15.2. The fourth-order valence-electron chi connectivity index (χ4n) is 10.5. The first kappa shape index (κ1) is 57.6. The molecule has 3 saturated heterocycles. The van der Waals surface area contributed by atoms with E-state index in [-0.39, 0.29) is 49.4 Å². The molecule has 21 nitrogen and oxygen atoms in total. The van der Waals surface area contributed by atoms with Crippen LogP contribution in [0.2, 0.25) is 0 Å². The van der Waals surface area contributed by atoms with Crippen LogP contribution < -0.4 is 41.2 Å². The van der Waals surface area contributed by atoms with Crippen LogP contribution >= 0.6 is 0 Å². The lowest BCUT2D eigenvalue weighted by atomic mass is 10.0. The second-order valence-corrected chi connectivity index (χ2v) is 21.9. The number of nitrogens with two attached hydrogens (primary N) is 2. The highest BCUT2D eigenvalue weighted by Crippen LogP contribution is 2.37. The SMILES string of the molecule is C=C1C[C@@H](C2OCCN2C(=O)OCc2ccc(NC(=O)[C@H](C)NC(=O)C(N)C(C)C)cc2)N(C(=O)c2cc(OC)c(OCCCCCOc3ccc(-c4nc5ccc(-c6nc7cc(N8CCN(C)CC8)ccc7[nH]6)cc5[nH]4)cc3)cc2N)C1. The number of benzene rings is 5. The Morgan fingerprint density at radius 2 is 1.48 bits per heavy atom. The van der Waals surface area contributed by atoms with Crippen molar-refractivity contribution in [3.05, 3.63) is 120 Å². The van der Waals surface area contributed by atoms with Crippen LogP contribution in [0.15, 0.2) is 109 Å². The van der Waals surface area contributed by atoms with Gasteiger partial charge in [-0.2, -0.15) is 0 Å². The van der Waals surface area contributed by atoms with Gasteiger partial charge in [-0.25, -0.2) is 14.8 Å². The van der Waals surface area contributed by atoms with Crippen LogP contribution in [0.5, 0.6) is 17.2 Å². The van der Waals surface area contributed by atoms with E-state index in [0.29, 0.717) is 42.4 Å². The minimum atomic E-state index is -0.808. The molecular weight excluding hydrogens is 1060 g/mol. The first-order chi connectivity index (χ1) is 40.1. The fourth-order valence-corrected chi connectivity index (χ4v) is 10.5. The molecule has 5 aromatic carbocycles. The van der Waals surface area contributed by atoms with E-state index in [1.54, 1.807) is 48.2 Å². The Hall–Kier alpha value is -8.66. The number of aromatic amines is 2. The molecule has 4 atom stereocenters. The number of fused-ring (bicyclic) bond motifs is 2. The number of nitrogens with zero attached hydrogens (tertiary/aromatic N) is 6. The highest BCUT2D eigenvalue weighted by Gasteiger charge is 2.45. The van der Waals surface area contributed by atoms with Gasteiger partial charge in [0.2, 0.25) is 11.8 Å². The van der Waals surface area contributed by atoms with Crippen molar-refractivity contribution in [3.63, 3.8) is 0 Å². The summed E-state index contributed by atoms with van der Waals surface area (Å²) in [5.41, 5.74) is 21.8. The number of unbranched alkanes of at least 4 members (excludes halogenated alkanes) is 2. The Bertz CT molecular complexity index is 3470. The monoisotopic (exact) mass is 1130 g/mol. The first-order valence-corrected chi connectivity index (χ1v) is 28.3. The van der Waals surface area contributed by atoms with Gasteiger partial charge in [0.1, 0.15) is 30.0 Å². The van der Waals surface area contributed by atoms with Gasteiger partial charge in [-0.1, -0.05) is 38.1 Å². The number of anilines is 3. The van der Waals surface area contributed by atoms with Crippen LogP contribution in [0.4, 0.5) is 21.9 Å². The summed E-state index contributed by atoms with van der Waals surface area (Å²) < 4.78 is 29.7. The fraction of sp³-hybridized carbons (Fsp3) is 0.387. The number of methoxy groups -OCH3 is 1. The second-order valence-electron chi connectivity index (χ2n) is 21.9. The van der Waals surface area contributed by atoms with E-state index in [1.807, 2.05) is 44.2 Å². The molecule has 3 aliphatic heterocycles. The predicted octanol–water partition coefficient (Wildman–Crippen LogP) is 7.94. The quantitative estimate of drug-likeness (QED) is 0.0227. The van der Waals surface area contributed by atoms with E-state index < -0.39 is 42.3 Å². The number of piperazine rings is 1. The van der Waals surface area contributed by atoms with Crippen LogP contribution in [-0.4, -0.2) is 156 Å². The number of nitrogen functional groups attached to an aromatic ring is 1. The molecule has 21 heteroatoms. The Morgan fingerprint density at radius 1 is 0.771 bits per heavy atom. The molecular formula is C62H74N12O9. The third-order valence-electron chi connectivity index (χ3n) is 15.5. The lowest BCUT2D eigenvalue weighted by Gasteiger charge is -2.34. The number of hydrogen-bond acceptors (Lipinski definition) is 15. The number of carbonyl (C=O) groups is 4. The third kappa shape index (κ3) is 13.5. The number of nitrogens with one attached hydrogen (secondary N) is 4. The Labute approximate surface area is 482 Å². The van der Waals surface area contributed by atoms with Crippen LogP contribution in [0.25, 0.3) is 44.8 Å². The number of imidazole rings is 2. The average molecular weight is 1130 g/mol. The van der Waals surface area contributed by atoms with E-state index in [9.17, 15) is 19.2 Å². The molecule has 8 N–H and O–H groups in total. The van der Waals surface area contributed by atoms with Crippen LogP contribution in [0.3, 0.4) is 0 Å². The third-order valence-corrected chi connectivity index (χ3v) is 15.5. The summed E-state index contributed by atoms with van der Waals surface area (Å²) in [5, 5.41) is 5.41. The largest absolute Gasteiger partial charge is 0.494 e. The molecule has 2 unspecified atom stereocenters. The molecule has 7 aromatic rings. The highest BCUT2D eigenvalue weighted by molar-refractivity contribution is 6.01. The molecule has 0 saturated carbocycles. The molecule has 3 fully saturated rings.